The van der Waals surface area contributed by atoms with E-state index in [2.05, 4.69) is 0 Å². The van der Waals surface area contributed by atoms with Gasteiger partial charge in [0.25, 0.3) is 5.91 Å². The Kier molecular flexibility index (Phi) is 3.45. The number of amides is 1. The van der Waals surface area contributed by atoms with Crippen LogP contribution in [0.1, 0.15) is 39.9 Å². The Balaban J connectivity index is 1.93. The molecule has 1 unspecified atom stereocenters. The Morgan fingerprint density at radius 1 is 1.23 bits per heavy atom. The molecule has 2 aromatic rings. The van der Waals surface area contributed by atoms with Gasteiger partial charge in [-0.3, -0.25) is 9.59 Å². The first-order chi connectivity index (χ1) is 10.5. The van der Waals surface area contributed by atoms with Crippen LogP contribution in [0.2, 0.25) is 0 Å². The number of carbonyl (C=O) groups excluding carboxylic acids is 1. The molecule has 0 bridgehead atoms. The number of hydrogen-bond donors (Lipinski definition) is 1. The molecule has 1 aliphatic rings. The zero-order chi connectivity index (χ0) is 15.9. The fraction of sp³-hybridized carbons (Fsp3) is 0.222. The molecule has 0 fully saturated rings. The average Bonchev–Trinajstić information content (AvgIpc) is 2.84. The lowest BCUT2D eigenvalue weighted by Crippen LogP contribution is -2.23. The number of anilines is 1. The minimum Gasteiger partial charge on any atom is -0.481 e. The summed E-state index contributed by atoms with van der Waals surface area (Å²) >= 11 is 0. The average molecular weight is 295 g/mol. The lowest BCUT2D eigenvalue weighted by molar-refractivity contribution is -0.138. The van der Waals surface area contributed by atoms with Gasteiger partial charge in [-0.05, 0) is 48.7 Å². The molecule has 1 atom stereocenters. The third-order valence-electron chi connectivity index (χ3n) is 4.22. The molecule has 4 heteroatoms. The number of carbonyl (C=O) groups is 2. The number of carboxylic acids is 1. The second kappa shape index (κ2) is 5.30. The molecule has 22 heavy (non-hydrogen) atoms. The van der Waals surface area contributed by atoms with Crippen molar-refractivity contribution in [2.24, 2.45) is 0 Å². The molecule has 0 radical (unpaired) electrons. The first-order valence-electron chi connectivity index (χ1n) is 7.22. The first-order valence-corrected chi connectivity index (χ1v) is 7.22. The normalized spacial score (nSPS) is 14.8. The monoisotopic (exact) mass is 295 g/mol. The number of hydrogen-bond acceptors (Lipinski definition) is 2. The van der Waals surface area contributed by atoms with Crippen LogP contribution in [0.25, 0.3) is 0 Å². The molecule has 4 nitrogen and oxygen atoms in total. The number of rotatable bonds is 3. The molecular weight excluding hydrogens is 278 g/mol. The van der Waals surface area contributed by atoms with Crippen LogP contribution in [0.15, 0.2) is 42.5 Å². The van der Waals surface area contributed by atoms with Crippen LogP contribution in [-0.2, 0) is 11.3 Å². The van der Waals surface area contributed by atoms with Crippen molar-refractivity contribution in [3.05, 3.63) is 64.7 Å². The molecule has 1 aliphatic heterocycles. The van der Waals surface area contributed by atoms with Crippen molar-refractivity contribution in [2.75, 3.05) is 4.90 Å². The maximum atomic E-state index is 12.5. The van der Waals surface area contributed by atoms with Gasteiger partial charge in [-0.1, -0.05) is 24.3 Å². The molecule has 1 N–H and O–H groups in total. The summed E-state index contributed by atoms with van der Waals surface area (Å²) in [6.45, 7) is 4.11. The fourth-order valence-electron chi connectivity index (χ4n) is 2.91. The fourth-order valence-corrected chi connectivity index (χ4v) is 2.91. The smallest absolute Gasteiger partial charge is 0.310 e. The zero-order valence-corrected chi connectivity index (χ0v) is 12.5. The highest BCUT2D eigenvalue weighted by Crippen LogP contribution is 2.31. The van der Waals surface area contributed by atoms with Gasteiger partial charge < -0.3 is 10.0 Å². The topological polar surface area (TPSA) is 57.6 Å². The highest BCUT2D eigenvalue weighted by atomic mass is 16.4. The van der Waals surface area contributed by atoms with Gasteiger partial charge in [0.1, 0.15) is 0 Å². The molecule has 1 amide bonds. The summed E-state index contributed by atoms with van der Waals surface area (Å²) in [4.78, 5) is 25.3. The van der Waals surface area contributed by atoms with Gasteiger partial charge in [0, 0.05) is 11.3 Å². The molecule has 3 rings (SSSR count). The van der Waals surface area contributed by atoms with Crippen molar-refractivity contribution in [3.63, 3.8) is 0 Å². The third kappa shape index (κ3) is 2.26. The molecule has 0 saturated heterocycles. The minimum atomic E-state index is -0.847. The van der Waals surface area contributed by atoms with Gasteiger partial charge >= 0.3 is 5.97 Å². The maximum absolute atomic E-state index is 12.5. The Labute approximate surface area is 129 Å². The quantitative estimate of drug-likeness (QED) is 0.944. The molecule has 1 heterocycles. The molecule has 0 aliphatic carbocycles. The van der Waals surface area contributed by atoms with E-state index < -0.39 is 11.9 Å². The lowest BCUT2D eigenvalue weighted by atomic mass is 9.96. The molecule has 112 valence electrons. The van der Waals surface area contributed by atoms with Gasteiger partial charge in [0.2, 0.25) is 0 Å². The van der Waals surface area contributed by atoms with E-state index in [0.717, 1.165) is 27.9 Å². The van der Waals surface area contributed by atoms with E-state index in [1.807, 2.05) is 43.3 Å². The van der Waals surface area contributed by atoms with E-state index in [0.29, 0.717) is 6.54 Å². The van der Waals surface area contributed by atoms with Crippen molar-refractivity contribution in [3.8, 4) is 0 Å². The summed E-state index contributed by atoms with van der Waals surface area (Å²) in [5.74, 6) is -1.41. The summed E-state index contributed by atoms with van der Waals surface area (Å²) in [6, 6.07) is 13.1. The number of aliphatic carboxylic acids is 1. The standard InChI is InChI=1S/C18H17NO3/c1-11-9-14(7-8-15(11)12(2)18(21)22)19-10-13-5-3-4-6-16(13)17(19)20/h3-9,12H,10H2,1-2H3,(H,21,22). The predicted octanol–water partition coefficient (Wildman–Crippen LogP) is 3.34. The van der Waals surface area contributed by atoms with E-state index in [1.54, 1.807) is 17.9 Å². The Morgan fingerprint density at radius 2 is 1.95 bits per heavy atom. The van der Waals surface area contributed by atoms with Gasteiger partial charge in [-0.15, -0.1) is 0 Å². The Hall–Kier alpha value is -2.62. The first kappa shape index (κ1) is 14.3. The van der Waals surface area contributed by atoms with Crippen molar-refractivity contribution in [2.45, 2.75) is 26.3 Å². The number of nitrogens with zero attached hydrogens (tertiary/aromatic N) is 1. The lowest BCUT2D eigenvalue weighted by Gasteiger charge is -2.19. The Bertz CT molecular complexity index is 767. The molecular formula is C18H17NO3. The minimum absolute atomic E-state index is 0.00552. The molecule has 0 spiro atoms. The molecule has 0 aromatic heterocycles. The van der Waals surface area contributed by atoms with Crippen LogP contribution in [0.4, 0.5) is 5.69 Å². The van der Waals surface area contributed by atoms with Crippen LogP contribution in [0, 0.1) is 6.92 Å². The van der Waals surface area contributed by atoms with Crippen LogP contribution in [-0.4, -0.2) is 17.0 Å². The van der Waals surface area contributed by atoms with Crippen molar-refractivity contribution in [1.82, 2.24) is 0 Å². The number of benzene rings is 2. The van der Waals surface area contributed by atoms with E-state index in [-0.39, 0.29) is 5.91 Å². The van der Waals surface area contributed by atoms with Crippen LogP contribution < -0.4 is 4.90 Å². The highest BCUT2D eigenvalue weighted by molar-refractivity contribution is 6.10. The number of fused-ring (bicyclic) bond motifs is 1. The largest absolute Gasteiger partial charge is 0.481 e. The summed E-state index contributed by atoms with van der Waals surface area (Å²) in [5.41, 5.74) is 4.23. The Morgan fingerprint density at radius 3 is 2.59 bits per heavy atom. The summed E-state index contributed by atoms with van der Waals surface area (Å²) in [7, 11) is 0. The van der Waals surface area contributed by atoms with Crippen LogP contribution in [0.5, 0.6) is 0 Å². The van der Waals surface area contributed by atoms with Gasteiger partial charge in [0.15, 0.2) is 0 Å². The van der Waals surface area contributed by atoms with E-state index in [1.165, 1.54) is 0 Å². The summed E-state index contributed by atoms with van der Waals surface area (Å²) < 4.78 is 0. The van der Waals surface area contributed by atoms with Crippen molar-refractivity contribution < 1.29 is 14.7 Å². The van der Waals surface area contributed by atoms with Gasteiger partial charge in [0.05, 0.1) is 12.5 Å². The van der Waals surface area contributed by atoms with E-state index in [9.17, 15) is 9.59 Å². The van der Waals surface area contributed by atoms with Crippen molar-refractivity contribution in [1.29, 1.82) is 0 Å². The van der Waals surface area contributed by atoms with Crippen LogP contribution in [0.3, 0.4) is 0 Å². The summed E-state index contributed by atoms with van der Waals surface area (Å²) in [6.07, 6.45) is 0. The number of aryl methyl sites for hydroxylation is 1. The number of carboxylic acid groups (broad SMARTS) is 1. The van der Waals surface area contributed by atoms with Crippen LogP contribution >= 0.6 is 0 Å². The van der Waals surface area contributed by atoms with Crippen molar-refractivity contribution >= 4 is 17.6 Å². The molecule has 0 saturated carbocycles. The van der Waals surface area contributed by atoms with E-state index in [4.69, 9.17) is 5.11 Å². The van der Waals surface area contributed by atoms with Gasteiger partial charge in [-0.2, -0.15) is 0 Å². The second-order valence-corrected chi connectivity index (χ2v) is 5.65. The summed E-state index contributed by atoms with van der Waals surface area (Å²) in [5, 5.41) is 9.14. The zero-order valence-electron chi connectivity index (χ0n) is 12.5. The SMILES string of the molecule is Cc1cc(N2Cc3ccccc3C2=O)ccc1C(C)C(=O)O. The van der Waals surface area contributed by atoms with Gasteiger partial charge in [-0.25, -0.2) is 0 Å². The van der Waals surface area contributed by atoms with E-state index >= 15 is 0 Å². The third-order valence-corrected chi connectivity index (χ3v) is 4.22. The predicted molar refractivity (Wildman–Crippen MR) is 84.2 cm³/mol. The highest BCUT2D eigenvalue weighted by Gasteiger charge is 2.28. The molecule has 2 aromatic carbocycles. The second-order valence-electron chi connectivity index (χ2n) is 5.65. The maximum Gasteiger partial charge on any atom is 0.310 e.